The van der Waals surface area contributed by atoms with Crippen LogP contribution in [0.1, 0.15) is 36.6 Å². The third kappa shape index (κ3) is 6.27. The van der Waals surface area contributed by atoms with Gasteiger partial charge < -0.3 is 14.0 Å². The SMILES string of the molecule is CCCCn1c(CN(CC(F)=Cc2ccccc2)Cc2ccc3c(c2)OCO3)cnc1-c1ccccc1. The van der Waals surface area contributed by atoms with Gasteiger partial charge in [0.15, 0.2) is 11.5 Å². The number of hydrogen-bond acceptors (Lipinski definition) is 4. The van der Waals surface area contributed by atoms with Crippen molar-refractivity contribution in [1.82, 2.24) is 14.5 Å². The Hall–Kier alpha value is -3.90. The van der Waals surface area contributed by atoms with Gasteiger partial charge in [0.1, 0.15) is 11.7 Å². The fourth-order valence-corrected chi connectivity index (χ4v) is 4.60. The highest BCUT2D eigenvalue weighted by Crippen LogP contribution is 2.33. The average molecular weight is 498 g/mol. The zero-order valence-electron chi connectivity index (χ0n) is 21.1. The number of fused-ring (bicyclic) bond motifs is 1. The van der Waals surface area contributed by atoms with Crippen molar-refractivity contribution < 1.29 is 13.9 Å². The molecule has 2 heterocycles. The lowest BCUT2D eigenvalue weighted by atomic mass is 10.1. The Morgan fingerprint density at radius 3 is 2.51 bits per heavy atom. The molecule has 6 heteroatoms. The summed E-state index contributed by atoms with van der Waals surface area (Å²) >= 11 is 0. The summed E-state index contributed by atoms with van der Waals surface area (Å²) in [6, 6.07) is 25.8. The lowest BCUT2D eigenvalue weighted by Gasteiger charge is -2.23. The van der Waals surface area contributed by atoms with E-state index in [-0.39, 0.29) is 19.2 Å². The molecule has 5 rings (SSSR count). The molecule has 1 aromatic heterocycles. The molecular weight excluding hydrogens is 465 g/mol. The number of halogens is 1. The Kier molecular flexibility index (Phi) is 7.96. The number of nitrogens with zero attached hydrogens (tertiary/aromatic N) is 3. The van der Waals surface area contributed by atoms with Gasteiger partial charge in [-0.1, -0.05) is 80.1 Å². The van der Waals surface area contributed by atoms with Crippen LogP contribution in [0.5, 0.6) is 11.5 Å². The molecule has 0 saturated carbocycles. The molecule has 0 N–H and O–H groups in total. The minimum atomic E-state index is -0.185. The molecule has 0 bridgehead atoms. The van der Waals surface area contributed by atoms with Gasteiger partial charge in [0, 0.05) is 25.2 Å². The number of imidazole rings is 1. The molecule has 0 saturated heterocycles. The van der Waals surface area contributed by atoms with Crippen molar-refractivity contribution in [3.05, 3.63) is 108 Å². The average Bonchev–Trinajstić information content (AvgIpc) is 3.55. The van der Waals surface area contributed by atoms with E-state index in [9.17, 15) is 0 Å². The van der Waals surface area contributed by atoms with Crippen LogP contribution in [0, 0.1) is 0 Å². The number of ether oxygens (including phenoxy) is 2. The van der Waals surface area contributed by atoms with Gasteiger partial charge in [0.05, 0.1) is 18.4 Å². The van der Waals surface area contributed by atoms with Gasteiger partial charge in [-0.2, -0.15) is 0 Å². The van der Waals surface area contributed by atoms with E-state index in [0.717, 1.165) is 59.1 Å². The number of rotatable bonds is 11. The van der Waals surface area contributed by atoms with E-state index >= 15 is 4.39 Å². The zero-order chi connectivity index (χ0) is 25.5. The van der Waals surface area contributed by atoms with E-state index in [1.54, 1.807) is 6.08 Å². The van der Waals surface area contributed by atoms with Gasteiger partial charge in [0.2, 0.25) is 6.79 Å². The van der Waals surface area contributed by atoms with E-state index in [4.69, 9.17) is 14.5 Å². The van der Waals surface area contributed by atoms with Crippen LogP contribution in [0.3, 0.4) is 0 Å². The van der Waals surface area contributed by atoms with E-state index in [0.29, 0.717) is 13.1 Å². The molecule has 0 aliphatic carbocycles. The fourth-order valence-electron chi connectivity index (χ4n) is 4.60. The summed E-state index contributed by atoms with van der Waals surface area (Å²) in [5.41, 5.74) is 4.05. The summed E-state index contributed by atoms with van der Waals surface area (Å²) in [6.45, 7) is 4.60. The Morgan fingerprint density at radius 1 is 0.973 bits per heavy atom. The van der Waals surface area contributed by atoms with E-state index in [2.05, 4.69) is 28.5 Å². The summed E-state index contributed by atoms with van der Waals surface area (Å²) in [6.07, 6.45) is 5.68. The minimum absolute atomic E-state index is 0.183. The first kappa shape index (κ1) is 24.8. The summed E-state index contributed by atoms with van der Waals surface area (Å²) in [5, 5.41) is 0. The lowest BCUT2D eigenvalue weighted by Crippen LogP contribution is -2.26. The van der Waals surface area contributed by atoms with Crippen LogP contribution in [0.4, 0.5) is 4.39 Å². The maximum atomic E-state index is 15.3. The zero-order valence-corrected chi connectivity index (χ0v) is 21.1. The van der Waals surface area contributed by atoms with Crippen molar-refractivity contribution in [2.45, 2.75) is 39.4 Å². The third-order valence-electron chi connectivity index (χ3n) is 6.43. The summed E-state index contributed by atoms with van der Waals surface area (Å²) in [4.78, 5) is 6.90. The molecule has 0 atom stereocenters. The predicted molar refractivity (Wildman–Crippen MR) is 145 cm³/mol. The monoisotopic (exact) mass is 497 g/mol. The van der Waals surface area contributed by atoms with Crippen LogP contribution in [-0.4, -0.2) is 27.8 Å². The van der Waals surface area contributed by atoms with Gasteiger partial charge >= 0.3 is 0 Å². The first-order valence-corrected chi connectivity index (χ1v) is 12.8. The Balaban J connectivity index is 1.43. The Morgan fingerprint density at radius 2 is 1.73 bits per heavy atom. The van der Waals surface area contributed by atoms with Crippen LogP contribution in [0.2, 0.25) is 0 Å². The quantitative estimate of drug-likeness (QED) is 0.222. The second-order valence-corrected chi connectivity index (χ2v) is 9.28. The largest absolute Gasteiger partial charge is 0.454 e. The van der Waals surface area contributed by atoms with E-state index < -0.39 is 0 Å². The summed E-state index contributed by atoms with van der Waals surface area (Å²) in [7, 11) is 0. The first-order valence-electron chi connectivity index (χ1n) is 12.8. The second-order valence-electron chi connectivity index (χ2n) is 9.28. The molecular formula is C31H32FN3O2. The standard InChI is InChI=1S/C31H32FN3O2/c1-2-3-16-35-28(19-33-31(35)26-12-8-5-9-13-26)22-34(21-27(32)17-24-10-6-4-7-11-24)20-25-14-15-29-30(18-25)37-23-36-29/h4-15,17-19H,2-3,16,20-23H2,1H3. The van der Waals surface area contributed by atoms with Crippen LogP contribution in [0.15, 0.2) is 90.9 Å². The van der Waals surface area contributed by atoms with Crippen molar-refractivity contribution in [1.29, 1.82) is 0 Å². The van der Waals surface area contributed by atoms with Crippen LogP contribution < -0.4 is 9.47 Å². The third-order valence-corrected chi connectivity index (χ3v) is 6.43. The first-order chi connectivity index (χ1) is 18.2. The van der Waals surface area contributed by atoms with Crippen molar-refractivity contribution in [3.63, 3.8) is 0 Å². The summed E-state index contributed by atoms with van der Waals surface area (Å²) in [5.74, 6) is 2.25. The predicted octanol–water partition coefficient (Wildman–Crippen LogP) is 7.09. The molecule has 0 unspecified atom stereocenters. The molecule has 0 spiro atoms. The number of unbranched alkanes of at least 4 members (excludes halogenated alkanes) is 1. The molecule has 190 valence electrons. The maximum absolute atomic E-state index is 15.3. The highest BCUT2D eigenvalue weighted by Gasteiger charge is 2.19. The van der Waals surface area contributed by atoms with Gasteiger partial charge in [0.25, 0.3) is 0 Å². The molecule has 3 aromatic carbocycles. The molecule has 37 heavy (non-hydrogen) atoms. The number of benzene rings is 3. The van der Waals surface area contributed by atoms with Crippen LogP contribution >= 0.6 is 0 Å². The van der Waals surface area contributed by atoms with Crippen LogP contribution in [0.25, 0.3) is 17.5 Å². The highest BCUT2D eigenvalue weighted by atomic mass is 19.1. The second kappa shape index (κ2) is 11.9. The smallest absolute Gasteiger partial charge is 0.231 e. The highest BCUT2D eigenvalue weighted by molar-refractivity contribution is 5.56. The molecule has 0 radical (unpaired) electrons. The number of hydrogen-bond donors (Lipinski definition) is 0. The van der Waals surface area contributed by atoms with Crippen LogP contribution in [-0.2, 0) is 19.6 Å². The van der Waals surface area contributed by atoms with Crippen molar-refractivity contribution in [3.8, 4) is 22.9 Å². The van der Waals surface area contributed by atoms with E-state index in [1.807, 2.05) is 72.9 Å². The fraction of sp³-hybridized carbons (Fsp3) is 0.258. The Bertz CT molecular complexity index is 1340. The van der Waals surface area contributed by atoms with Gasteiger partial charge in [-0.15, -0.1) is 0 Å². The van der Waals surface area contributed by atoms with Gasteiger partial charge in [-0.25, -0.2) is 9.37 Å². The van der Waals surface area contributed by atoms with Crippen molar-refractivity contribution in [2.24, 2.45) is 0 Å². The number of aromatic nitrogens is 2. The minimum Gasteiger partial charge on any atom is -0.454 e. The molecule has 0 fully saturated rings. The lowest BCUT2D eigenvalue weighted by molar-refractivity contribution is 0.174. The molecule has 1 aliphatic rings. The normalized spacial score (nSPS) is 12.9. The molecule has 1 aliphatic heterocycles. The Labute approximate surface area is 217 Å². The molecule has 0 amide bonds. The topological polar surface area (TPSA) is 39.5 Å². The van der Waals surface area contributed by atoms with Gasteiger partial charge in [-0.3, -0.25) is 4.90 Å². The molecule has 4 aromatic rings. The maximum Gasteiger partial charge on any atom is 0.231 e. The van der Waals surface area contributed by atoms with E-state index in [1.165, 1.54) is 0 Å². The molecule has 5 nitrogen and oxygen atoms in total. The van der Waals surface area contributed by atoms with Crippen molar-refractivity contribution >= 4 is 6.08 Å². The van der Waals surface area contributed by atoms with Gasteiger partial charge in [-0.05, 0) is 35.8 Å². The van der Waals surface area contributed by atoms with Crippen molar-refractivity contribution in [2.75, 3.05) is 13.3 Å². The summed E-state index contributed by atoms with van der Waals surface area (Å²) < 4.78 is 28.6.